The van der Waals surface area contributed by atoms with Crippen LogP contribution in [0.4, 0.5) is 18.9 Å². The number of pyridine rings is 1. The highest BCUT2D eigenvalue weighted by Gasteiger charge is 2.46. The van der Waals surface area contributed by atoms with Crippen molar-refractivity contribution >= 4 is 28.3 Å². The Kier molecular flexibility index (Phi) is 4.52. The van der Waals surface area contributed by atoms with E-state index in [0.717, 1.165) is 18.3 Å². The lowest BCUT2D eigenvalue weighted by Gasteiger charge is -2.11. The van der Waals surface area contributed by atoms with E-state index >= 15 is 0 Å². The second-order valence-corrected chi connectivity index (χ2v) is 6.22. The Morgan fingerprint density at radius 3 is 2.55 bits per heavy atom. The van der Waals surface area contributed by atoms with Crippen LogP contribution in [0.1, 0.15) is 0 Å². The number of rotatable bonds is 4. The summed E-state index contributed by atoms with van der Waals surface area (Å²) in [7, 11) is -5.49. The minimum Gasteiger partial charge on any atom is -0.439 e. The van der Waals surface area contributed by atoms with Crippen LogP contribution in [0.25, 0.3) is 0 Å². The number of anilines is 1. The summed E-state index contributed by atoms with van der Waals surface area (Å²) in [6.45, 7) is 0. The van der Waals surface area contributed by atoms with Gasteiger partial charge in [0.05, 0.1) is 5.69 Å². The van der Waals surface area contributed by atoms with Gasteiger partial charge in [-0.3, -0.25) is 4.72 Å². The molecule has 0 saturated heterocycles. The fourth-order valence-electron chi connectivity index (χ4n) is 1.41. The smallest absolute Gasteiger partial charge is 0.439 e. The Morgan fingerprint density at radius 1 is 1.18 bits per heavy atom. The second kappa shape index (κ2) is 6.05. The van der Waals surface area contributed by atoms with E-state index in [2.05, 4.69) is 17.6 Å². The number of nitrogens with one attached hydrogen (secondary N) is 1. The van der Waals surface area contributed by atoms with E-state index in [1.165, 1.54) is 4.72 Å². The van der Waals surface area contributed by atoms with E-state index in [0.29, 0.717) is 10.6 Å². The molecule has 0 unspecified atom stereocenters. The van der Waals surface area contributed by atoms with Crippen LogP contribution < -0.4 is 9.46 Å². The zero-order valence-electron chi connectivity index (χ0n) is 10.7. The molecule has 0 saturated carbocycles. The van der Waals surface area contributed by atoms with E-state index in [4.69, 9.17) is 4.74 Å². The van der Waals surface area contributed by atoms with Crippen molar-refractivity contribution in [1.82, 2.24) is 4.98 Å². The first kappa shape index (κ1) is 16.4. The van der Waals surface area contributed by atoms with Crippen LogP contribution in [0.3, 0.4) is 0 Å². The largest absolute Gasteiger partial charge is 0.516 e. The molecule has 0 aliphatic heterocycles. The highest BCUT2D eigenvalue weighted by molar-refractivity contribution is 7.93. The third kappa shape index (κ3) is 4.04. The maximum atomic E-state index is 12.3. The van der Waals surface area contributed by atoms with Gasteiger partial charge >= 0.3 is 15.5 Å². The average Bonchev–Trinajstić information content (AvgIpc) is 2.37. The summed E-state index contributed by atoms with van der Waals surface area (Å²) in [5.41, 5.74) is -5.72. The van der Waals surface area contributed by atoms with Gasteiger partial charge in [0, 0.05) is 17.2 Å². The number of nitrogens with zero attached hydrogens (tertiary/aromatic N) is 1. The second-order valence-electron chi connectivity index (χ2n) is 4.03. The molecule has 0 fully saturated rings. The van der Waals surface area contributed by atoms with Gasteiger partial charge in [-0.1, -0.05) is 6.07 Å². The molecule has 1 N–H and O–H groups in total. The first-order valence-corrected chi connectivity index (χ1v) is 7.62. The Bertz CT molecular complexity index is 779. The van der Waals surface area contributed by atoms with E-state index < -0.39 is 15.5 Å². The molecule has 118 valence electrons. The van der Waals surface area contributed by atoms with Crippen molar-refractivity contribution in [3.8, 4) is 11.6 Å². The van der Waals surface area contributed by atoms with Crippen molar-refractivity contribution in [1.29, 1.82) is 0 Å². The van der Waals surface area contributed by atoms with Crippen molar-refractivity contribution in [3.05, 3.63) is 42.6 Å². The SMILES string of the molecule is O=S(=O)(Nc1ccnc(Oc2cccc(S)c2)c1)C(F)(F)F. The molecule has 0 bridgehead atoms. The highest BCUT2D eigenvalue weighted by Crippen LogP contribution is 2.28. The summed E-state index contributed by atoms with van der Waals surface area (Å²) < 4.78 is 65.7. The van der Waals surface area contributed by atoms with Crippen molar-refractivity contribution in [2.75, 3.05) is 4.72 Å². The van der Waals surface area contributed by atoms with Gasteiger partial charge in [-0.2, -0.15) is 21.6 Å². The van der Waals surface area contributed by atoms with Gasteiger partial charge in [-0.25, -0.2) is 4.98 Å². The van der Waals surface area contributed by atoms with Crippen molar-refractivity contribution < 1.29 is 26.3 Å². The van der Waals surface area contributed by atoms with Gasteiger partial charge in [0.25, 0.3) is 0 Å². The highest BCUT2D eigenvalue weighted by atomic mass is 32.2. The molecule has 0 aliphatic rings. The van der Waals surface area contributed by atoms with Crippen LogP contribution in [0.15, 0.2) is 47.5 Å². The number of thiol groups is 1. The van der Waals surface area contributed by atoms with Gasteiger partial charge in [0.2, 0.25) is 5.88 Å². The minimum atomic E-state index is -5.49. The topological polar surface area (TPSA) is 68.3 Å². The molecule has 0 atom stereocenters. The van der Waals surface area contributed by atoms with E-state index in [1.54, 1.807) is 24.3 Å². The molecule has 1 aromatic heterocycles. The first-order valence-electron chi connectivity index (χ1n) is 5.69. The third-order valence-electron chi connectivity index (χ3n) is 2.33. The quantitative estimate of drug-likeness (QED) is 0.829. The predicted octanol–water partition coefficient (Wildman–Crippen LogP) is 3.42. The molecule has 2 aromatic rings. The molecular formula is C12H9F3N2O3S2. The standard InChI is InChI=1S/C12H9F3N2O3S2/c13-12(14,15)22(18,19)17-8-4-5-16-11(6-8)20-9-2-1-3-10(21)7-9/h1-7,21H,(H,16,17). The Balaban J connectivity index is 2.21. The minimum absolute atomic E-state index is 0.0682. The van der Waals surface area contributed by atoms with Gasteiger partial charge < -0.3 is 4.74 Å². The van der Waals surface area contributed by atoms with Gasteiger partial charge in [0.15, 0.2) is 0 Å². The molecule has 1 heterocycles. The van der Waals surface area contributed by atoms with Gasteiger partial charge in [-0.15, -0.1) is 12.6 Å². The van der Waals surface area contributed by atoms with Crippen molar-refractivity contribution in [3.63, 3.8) is 0 Å². The fraction of sp³-hybridized carbons (Fsp3) is 0.0833. The van der Waals surface area contributed by atoms with E-state index in [9.17, 15) is 21.6 Å². The van der Waals surface area contributed by atoms with Crippen LogP contribution in [0.2, 0.25) is 0 Å². The molecule has 5 nitrogen and oxygen atoms in total. The summed E-state index contributed by atoms with van der Waals surface area (Å²) in [6.07, 6.45) is 1.12. The molecule has 10 heteroatoms. The molecule has 1 aromatic carbocycles. The zero-order chi connectivity index (χ0) is 16.4. The Hall–Kier alpha value is -1.94. The lowest BCUT2D eigenvalue weighted by Crippen LogP contribution is -2.29. The van der Waals surface area contributed by atoms with Crippen molar-refractivity contribution in [2.45, 2.75) is 10.4 Å². The first-order chi connectivity index (χ1) is 10.2. The monoisotopic (exact) mass is 350 g/mol. The van der Waals surface area contributed by atoms with Crippen LogP contribution in [0.5, 0.6) is 11.6 Å². The zero-order valence-corrected chi connectivity index (χ0v) is 12.4. The number of aromatic nitrogens is 1. The van der Waals surface area contributed by atoms with Crippen LogP contribution in [0, 0.1) is 0 Å². The van der Waals surface area contributed by atoms with Crippen LogP contribution in [-0.4, -0.2) is 18.9 Å². The number of hydrogen-bond acceptors (Lipinski definition) is 5. The molecular weight excluding hydrogens is 341 g/mol. The summed E-state index contributed by atoms with van der Waals surface area (Å²) in [5, 5.41) is 0. The van der Waals surface area contributed by atoms with E-state index in [-0.39, 0.29) is 11.6 Å². The molecule has 22 heavy (non-hydrogen) atoms. The predicted molar refractivity (Wildman–Crippen MR) is 76.6 cm³/mol. The molecule has 0 radical (unpaired) electrons. The Morgan fingerprint density at radius 2 is 1.91 bits per heavy atom. The maximum Gasteiger partial charge on any atom is 0.516 e. The van der Waals surface area contributed by atoms with Crippen LogP contribution >= 0.6 is 12.6 Å². The van der Waals surface area contributed by atoms with Crippen LogP contribution in [-0.2, 0) is 10.0 Å². The lowest BCUT2D eigenvalue weighted by atomic mass is 10.3. The average molecular weight is 350 g/mol. The lowest BCUT2D eigenvalue weighted by molar-refractivity contribution is -0.0429. The number of ether oxygens (including phenoxy) is 1. The number of halogens is 3. The van der Waals surface area contributed by atoms with Gasteiger partial charge in [0.1, 0.15) is 5.75 Å². The number of sulfonamides is 1. The maximum absolute atomic E-state index is 12.3. The summed E-state index contributed by atoms with van der Waals surface area (Å²) in [4.78, 5) is 4.41. The summed E-state index contributed by atoms with van der Waals surface area (Å²) >= 11 is 4.11. The summed E-state index contributed by atoms with van der Waals surface area (Å²) in [5.74, 6) is 0.289. The van der Waals surface area contributed by atoms with Gasteiger partial charge in [-0.05, 0) is 24.3 Å². The Labute approximate surface area is 129 Å². The fourth-order valence-corrected chi connectivity index (χ4v) is 2.18. The van der Waals surface area contributed by atoms with Crippen molar-refractivity contribution in [2.24, 2.45) is 0 Å². The number of benzene rings is 1. The van der Waals surface area contributed by atoms with E-state index in [1.807, 2.05) is 0 Å². The number of alkyl halides is 3. The molecule has 2 rings (SSSR count). The number of hydrogen-bond donors (Lipinski definition) is 2. The molecule has 0 aliphatic carbocycles. The molecule has 0 spiro atoms. The normalized spacial score (nSPS) is 12.0. The third-order valence-corrected chi connectivity index (χ3v) is 3.72. The molecule has 0 amide bonds. The summed E-state index contributed by atoms with van der Waals surface area (Å²) in [6, 6.07) is 8.64.